The molecular formula is C26H26ClN3O2S. The fraction of sp³-hybridized carbons (Fsp3) is 0.269. The van der Waals surface area contributed by atoms with Crippen molar-refractivity contribution in [3.05, 3.63) is 69.3 Å². The number of benzene rings is 2. The van der Waals surface area contributed by atoms with Gasteiger partial charge in [-0.15, -0.1) is 0 Å². The smallest absolute Gasteiger partial charge is 0.270 e. The summed E-state index contributed by atoms with van der Waals surface area (Å²) in [6.45, 7) is 10.2. The Hall–Kier alpha value is -2.96. The molecule has 0 aliphatic carbocycles. The number of allylic oxidation sites excluding steroid dienone is 1. The molecule has 0 atom stereocenters. The number of hydrogen-bond donors (Lipinski definition) is 1. The lowest BCUT2D eigenvalue weighted by Gasteiger charge is -2.41. The number of likely N-dealkylation sites (N-methyl/N-ethyl adjacent to an activating group) is 1. The van der Waals surface area contributed by atoms with E-state index >= 15 is 0 Å². The number of halogens is 1. The van der Waals surface area contributed by atoms with Crippen LogP contribution in [0.15, 0.2) is 42.0 Å². The maximum Gasteiger partial charge on any atom is 0.270 e. The largest absolute Gasteiger partial charge is 0.365 e. The lowest BCUT2D eigenvalue weighted by atomic mass is 9.88. The molecule has 0 radical (unpaired) electrons. The van der Waals surface area contributed by atoms with E-state index in [9.17, 15) is 9.59 Å². The Morgan fingerprint density at radius 1 is 1.09 bits per heavy atom. The highest BCUT2D eigenvalue weighted by molar-refractivity contribution is 7.80. The van der Waals surface area contributed by atoms with E-state index in [1.165, 1.54) is 4.90 Å². The lowest BCUT2D eigenvalue weighted by Crippen LogP contribution is -2.54. The Morgan fingerprint density at radius 3 is 2.48 bits per heavy atom. The average Bonchev–Trinajstić information content (AvgIpc) is 2.72. The third-order valence-electron chi connectivity index (χ3n) is 6.55. The first kappa shape index (κ1) is 23.2. The summed E-state index contributed by atoms with van der Waals surface area (Å²) in [5.74, 6) is -1.01. The zero-order valence-electron chi connectivity index (χ0n) is 19.5. The number of amides is 2. The molecule has 2 aliphatic heterocycles. The Bertz CT molecular complexity index is 1290. The van der Waals surface area contributed by atoms with E-state index in [-0.39, 0.29) is 16.2 Å². The summed E-state index contributed by atoms with van der Waals surface area (Å²) in [7, 11) is 2.03. The monoisotopic (exact) mass is 479 g/mol. The molecule has 0 aromatic heterocycles. The Kier molecular flexibility index (Phi) is 5.71. The number of fused-ring (bicyclic) bond motifs is 1. The third kappa shape index (κ3) is 3.87. The Balaban J connectivity index is 1.81. The van der Waals surface area contributed by atoms with Gasteiger partial charge in [0.1, 0.15) is 5.57 Å². The van der Waals surface area contributed by atoms with Crippen LogP contribution < -0.4 is 15.1 Å². The summed E-state index contributed by atoms with van der Waals surface area (Å²) in [5, 5.41) is 3.18. The lowest BCUT2D eigenvalue weighted by molar-refractivity contribution is -0.122. The normalized spacial score (nSPS) is 18.9. The molecule has 2 amide bonds. The zero-order valence-corrected chi connectivity index (χ0v) is 21.1. The molecule has 1 N–H and O–H groups in total. The van der Waals surface area contributed by atoms with E-state index in [0.717, 1.165) is 28.0 Å². The molecule has 7 heteroatoms. The molecule has 0 unspecified atom stereocenters. The van der Waals surface area contributed by atoms with E-state index in [0.29, 0.717) is 16.3 Å². The van der Waals surface area contributed by atoms with E-state index in [2.05, 4.69) is 37.1 Å². The number of carbonyl (C=O) groups excluding carboxylic acids is 2. The minimum absolute atomic E-state index is 0.0162. The van der Waals surface area contributed by atoms with Crippen molar-refractivity contribution in [3.8, 4) is 0 Å². The van der Waals surface area contributed by atoms with Crippen LogP contribution >= 0.6 is 23.8 Å². The van der Waals surface area contributed by atoms with Gasteiger partial charge in [-0.1, -0.05) is 29.8 Å². The van der Waals surface area contributed by atoms with Crippen LogP contribution in [0, 0.1) is 13.8 Å². The topological polar surface area (TPSA) is 52.7 Å². The molecule has 1 fully saturated rings. The quantitative estimate of drug-likeness (QED) is 0.355. The highest BCUT2D eigenvalue weighted by Crippen LogP contribution is 2.41. The number of anilines is 2. The summed E-state index contributed by atoms with van der Waals surface area (Å²) < 4.78 is 0. The highest BCUT2D eigenvalue weighted by atomic mass is 35.5. The van der Waals surface area contributed by atoms with Crippen molar-refractivity contribution < 1.29 is 9.59 Å². The van der Waals surface area contributed by atoms with Crippen LogP contribution in [0.25, 0.3) is 11.6 Å². The van der Waals surface area contributed by atoms with Crippen molar-refractivity contribution in [1.29, 1.82) is 0 Å². The Labute approximate surface area is 204 Å². The standard InChI is InChI=1S/C26H26ClN3O2S/c1-14-8-7-9-21(16(14)3)30-24(32)19(23(31)28-25(30)33)11-17-10-18-15(2)13-26(4,5)29(6)22(18)12-20(17)27/h7-13H,1-6H3,(H,28,31,33)/b19-11-. The molecule has 170 valence electrons. The number of nitrogens with one attached hydrogen (secondary N) is 1. The van der Waals surface area contributed by atoms with Gasteiger partial charge >= 0.3 is 0 Å². The first-order chi connectivity index (χ1) is 15.4. The number of rotatable bonds is 2. The molecule has 2 heterocycles. The van der Waals surface area contributed by atoms with Crippen LogP contribution in [-0.4, -0.2) is 29.5 Å². The molecule has 2 aliphatic rings. The van der Waals surface area contributed by atoms with Gasteiger partial charge in [0.2, 0.25) is 0 Å². The van der Waals surface area contributed by atoms with Gasteiger partial charge in [0.25, 0.3) is 11.8 Å². The second kappa shape index (κ2) is 8.12. The van der Waals surface area contributed by atoms with E-state index < -0.39 is 11.8 Å². The van der Waals surface area contributed by atoms with Crippen LogP contribution in [0.3, 0.4) is 0 Å². The van der Waals surface area contributed by atoms with Crippen LogP contribution in [0.4, 0.5) is 11.4 Å². The molecule has 0 spiro atoms. The molecule has 0 saturated carbocycles. The first-order valence-corrected chi connectivity index (χ1v) is 11.5. The number of hydrogen-bond acceptors (Lipinski definition) is 4. The van der Waals surface area contributed by atoms with Crippen molar-refractivity contribution in [2.24, 2.45) is 0 Å². The maximum absolute atomic E-state index is 13.5. The highest BCUT2D eigenvalue weighted by Gasteiger charge is 2.36. The van der Waals surface area contributed by atoms with Crippen LogP contribution in [-0.2, 0) is 9.59 Å². The van der Waals surface area contributed by atoms with Gasteiger partial charge in [-0.3, -0.25) is 19.8 Å². The van der Waals surface area contributed by atoms with Crippen LogP contribution in [0.5, 0.6) is 0 Å². The summed E-state index contributed by atoms with van der Waals surface area (Å²) in [5.41, 5.74) is 6.16. The van der Waals surface area contributed by atoms with Crippen molar-refractivity contribution >= 4 is 63.8 Å². The SMILES string of the molecule is CC1=CC(C)(C)N(C)c2cc(Cl)c(/C=C3/C(=O)NC(=S)N(c4cccc(C)c4C)C3=O)cc21. The summed E-state index contributed by atoms with van der Waals surface area (Å²) in [4.78, 5) is 29.8. The van der Waals surface area contributed by atoms with E-state index in [1.54, 1.807) is 6.08 Å². The molecule has 4 rings (SSSR count). The summed E-state index contributed by atoms with van der Waals surface area (Å²) in [6, 6.07) is 9.46. The van der Waals surface area contributed by atoms with Gasteiger partial charge in [0, 0.05) is 23.3 Å². The molecule has 0 bridgehead atoms. The van der Waals surface area contributed by atoms with Crippen molar-refractivity contribution in [2.45, 2.75) is 40.2 Å². The Morgan fingerprint density at radius 2 is 1.79 bits per heavy atom. The van der Waals surface area contributed by atoms with Crippen molar-refractivity contribution in [2.75, 3.05) is 16.8 Å². The van der Waals surface area contributed by atoms with Gasteiger partial charge in [0.05, 0.1) is 11.2 Å². The predicted molar refractivity (Wildman–Crippen MR) is 140 cm³/mol. The van der Waals surface area contributed by atoms with Crippen molar-refractivity contribution in [3.63, 3.8) is 0 Å². The van der Waals surface area contributed by atoms with E-state index in [1.807, 2.05) is 51.2 Å². The molecular weight excluding hydrogens is 454 g/mol. The summed E-state index contributed by atoms with van der Waals surface area (Å²) >= 11 is 12.0. The predicted octanol–water partition coefficient (Wildman–Crippen LogP) is 5.42. The van der Waals surface area contributed by atoms with Gasteiger partial charge in [0.15, 0.2) is 5.11 Å². The zero-order chi connectivity index (χ0) is 24.2. The third-order valence-corrected chi connectivity index (χ3v) is 7.17. The van der Waals surface area contributed by atoms with Gasteiger partial charge in [-0.05, 0) is 93.4 Å². The van der Waals surface area contributed by atoms with E-state index in [4.69, 9.17) is 23.8 Å². The molecule has 2 aromatic carbocycles. The van der Waals surface area contributed by atoms with Gasteiger partial charge in [-0.25, -0.2) is 0 Å². The van der Waals surface area contributed by atoms with Crippen LogP contribution in [0.1, 0.15) is 43.0 Å². The molecule has 5 nitrogen and oxygen atoms in total. The number of thiocarbonyl (C=S) groups is 1. The fourth-order valence-electron chi connectivity index (χ4n) is 4.31. The molecule has 33 heavy (non-hydrogen) atoms. The minimum atomic E-state index is -0.536. The number of carbonyl (C=O) groups is 2. The van der Waals surface area contributed by atoms with Crippen LogP contribution in [0.2, 0.25) is 5.02 Å². The molecule has 1 saturated heterocycles. The second-order valence-electron chi connectivity index (χ2n) is 9.11. The van der Waals surface area contributed by atoms with Gasteiger partial charge < -0.3 is 4.90 Å². The fourth-order valence-corrected chi connectivity index (χ4v) is 4.79. The number of nitrogens with zero attached hydrogens (tertiary/aromatic N) is 2. The number of aryl methyl sites for hydroxylation is 1. The minimum Gasteiger partial charge on any atom is -0.365 e. The van der Waals surface area contributed by atoms with Gasteiger partial charge in [-0.2, -0.15) is 0 Å². The van der Waals surface area contributed by atoms with Crippen molar-refractivity contribution in [1.82, 2.24) is 5.32 Å². The average molecular weight is 480 g/mol. The molecule has 2 aromatic rings. The maximum atomic E-state index is 13.5. The summed E-state index contributed by atoms with van der Waals surface area (Å²) in [6.07, 6.45) is 3.74. The second-order valence-corrected chi connectivity index (χ2v) is 9.90. The first-order valence-electron chi connectivity index (χ1n) is 10.7.